The van der Waals surface area contributed by atoms with Gasteiger partial charge in [0, 0.05) is 12.3 Å². The summed E-state index contributed by atoms with van der Waals surface area (Å²) >= 11 is 0. The second kappa shape index (κ2) is 9.03. The van der Waals surface area contributed by atoms with Crippen LogP contribution in [0.2, 0.25) is 0 Å². The molecule has 4 atom stereocenters. The molecule has 1 fully saturated rings. The van der Waals surface area contributed by atoms with E-state index in [-0.39, 0.29) is 24.7 Å². The molecule has 0 aliphatic heterocycles. The van der Waals surface area contributed by atoms with Gasteiger partial charge in [0.2, 0.25) is 0 Å². The molecule has 0 saturated heterocycles. The van der Waals surface area contributed by atoms with Gasteiger partial charge in [0.15, 0.2) is 28.7 Å². The van der Waals surface area contributed by atoms with Crippen LogP contribution in [0, 0.1) is 29.6 Å². The van der Waals surface area contributed by atoms with Crippen LogP contribution in [0.15, 0.2) is 0 Å². The lowest BCUT2D eigenvalue weighted by molar-refractivity contribution is -0.155. The van der Waals surface area contributed by atoms with E-state index in [0.29, 0.717) is 19.3 Å². The van der Waals surface area contributed by atoms with Crippen LogP contribution >= 0.6 is 0 Å². The fourth-order valence-corrected chi connectivity index (χ4v) is 3.48. The molecule has 0 aromatic rings. The predicted octanol–water partition coefficient (Wildman–Crippen LogP) is 3.16. The molecule has 1 aliphatic carbocycles. The highest BCUT2D eigenvalue weighted by Gasteiger charge is 2.64. The third-order valence-electron chi connectivity index (χ3n) is 5.56. The lowest BCUT2D eigenvalue weighted by Gasteiger charge is -2.26. The van der Waals surface area contributed by atoms with Gasteiger partial charge in [0.1, 0.15) is 5.92 Å². The van der Waals surface area contributed by atoms with E-state index in [9.17, 15) is 24.3 Å². The van der Waals surface area contributed by atoms with Gasteiger partial charge in [-0.3, -0.25) is 19.2 Å². The SMILES string of the molecule is CCC(C)C(=O)C1C(=O)[C@@H](CCC(C)C)C(O)(C(=O)CCC(C)C)C1=O. The van der Waals surface area contributed by atoms with Gasteiger partial charge in [-0.25, -0.2) is 0 Å². The molecule has 1 N–H and O–H groups in total. The summed E-state index contributed by atoms with van der Waals surface area (Å²) in [5.74, 6) is -5.09. The zero-order valence-corrected chi connectivity index (χ0v) is 17.0. The third-order valence-corrected chi connectivity index (χ3v) is 5.56. The van der Waals surface area contributed by atoms with Crippen LogP contribution in [0.3, 0.4) is 0 Å². The Labute approximate surface area is 156 Å². The van der Waals surface area contributed by atoms with Gasteiger partial charge in [-0.15, -0.1) is 0 Å². The van der Waals surface area contributed by atoms with E-state index in [1.807, 2.05) is 34.6 Å². The van der Waals surface area contributed by atoms with Crippen LogP contribution in [0.5, 0.6) is 0 Å². The second-order valence-electron chi connectivity index (χ2n) is 8.56. The maximum atomic E-state index is 12.9. The number of ketones is 4. The zero-order chi connectivity index (χ0) is 20.2. The molecular formula is C21H34O5. The van der Waals surface area contributed by atoms with E-state index in [4.69, 9.17) is 0 Å². The minimum absolute atomic E-state index is 0.0373. The molecule has 0 spiro atoms. The molecule has 0 heterocycles. The molecule has 5 heteroatoms. The summed E-state index contributed by atoms with van der Waals surface area (Å²) in [6.07, 6.45) is 1.93. The summed E-state index contributed by atoms with van der Waals surface area (Å²) in [7, 11) is 0. The van der Waals surface area contributed by atoms with Crippen molar-refractivity contribution in [2.45, 2.75) is 79.2 Å². The van der Waals surface area contributed by atoms with Crippen molar-refractivity contribution in [1.29, 1.82) is 0 Å². The van der Waals surface area contributed by atoms with Crippen molar-refractivity contribution in [3.63, 3.8) is 0 Å². The Morgan fingerprint density at radius 1 is 1.04 bits per heavy atom. The number of Topliss-reactive ketones (excluding diaryl/α,β-unsaturated/α-hetero) is 4. The Kier molecular flexibility index (Phi) is 7.87. The minimum atomic E-state index is -2.34. The molecule has 0 radical (unpaired) electrons. The molecule has 0 aromatic heterocycles. The molecular weight excluding hydrogens is 332 g/mol. The minimum Gasteiger partial charge on any atom is -0.374 e. The molecule has 0 bridgehead atoms. The van der Waals surface area contributed by atoms with E-state index >= 15 is 0 Å². The highest BCUT2D eigenvalue weighted by Crippen LogP contribution is 2.40. The van der Waals surface area contributed by atoms with Crippen molar-refractivity contribution in [1.82, 2.24) is 0 Å². The number of rotatable bonds is 10. The van der Waals surface area contributed by atoms with Gasteiger partial charge in [0.05, 0.1) is 5.92 Å². The van der Waals surface area contributed by atoms with E-state index in [0.717, 1.165) is 0 Å². The lowest BCUT2D eigenvalue weighted by atomic mass is 9.79. The maximum Gasteiger partial charge on any atom is 0.192 e. The molecule has 5 nitrogen and oxygen atoms in total. The molecule has 1 saturated carbocycles. The smallest absolute Gasteiger partial charge is 0.192 e. The van der Waals surface area contributed by atoms with Crippen LogP contribution < -0.4 is 0 Å². The molecule has 1 rings (SSSR count). The molecule has 1 aliphatic rings. The Hall–Kier alpha value is -1.36. The average Bonchev–Trinajstić information content (AvgIpc) is 2.76. The summed E-state index contributed by atoms with van der Waals surface area (Å²) in [6.45, 7) is 11.3. The van der Waals surface area contributed by atoms with Crippen molar-refractivity contribution >= 4 is 23.1 Å². The highest BCUT2D eigenvalue weighted by molar-refractivity contribution is 6.33. The predicted molar refractivity (Wildman–Crippen MR) is 99.6 cm³/mol. The van der Waals surface area contributed by atoms with E-state index < -0.39 is 46.5 Å². The fraction of sp³-hybridized carbons (Fsp3) is 0.810. The molecule has 26 heavy (non-hydrogen) atoms. The third kappa shape index (κ3) is 4.48. The Morgan fingerprint density at radius 3 is 2.04 bits per heavy atom. The summed E-state index contributed by atoms with van der Waals surface area (Å²) in [5, 5.41) is 11.1. The number of aliphatic hydroxyl groups is 1. The standard InChI is InChI=1S/C21H34O5/c1-7-14(6)18(23)17-19(24)15(10-8-12(2)3)21(26,20(17)25)16(22)11-9-13(4)5/h12-15,17,26H,7-11H2,1-6H3/t14?,15-,17?,21?/m1/s1. The first-order chi connectivity index (χ1) is 12.0. The van der Waals surface area contributed by atoms with Crippen LogP contribution in [-0.2, 0) is 19.2 Å². The van der Waals surface area contributed by atoms with Crippen LogP contribution in [0.25, 0.3) is 0 Å². The van der Waals surface area contributed by atoms with E-state index in [1.165, 1.54) is 0 Å². The fourth-order valence-electron chi connectivity index (χ4n) is 3.48. The van der Waals surface area contributed by atoms with Crippen molar-refractivity contribution in [3.8, 4) is 0 Å². The normalized spacial score (nSPS) is 27.4. The quantitative estimate of drug-likeness (QED) is 0.600. The van der Waals surface area contributed by atoms with Gasteiger partial charge in [0.25, 0.3) is 0 Å². The summed E-state index contributed by atoms with van der Waals surface area (Å²) < 4.78 is 0. The van der Waals surface area contributed by atoms with Gasteiger partial charge < -0.3 is 5.11 Å². The lowest BCUT2D eigenvalue weighted by Crippen LogP contribution is -2.50. The van der Waals surface area contributed by atoms with E-state index in [1.54, 1.807) is 6.92 Å². The Morgan fingerprint density at radius 2 is 1.58 bits per heavy atom. The molecule has 148 valence electrons. The van der Waals surface area contributed by atoms with Crippen LogP contribution in [0.4, 0.5) is 0 Å². The van der Waals surface area contributed by atoms with Crippen molar-refractivity contribution in [3.05, 3.63) is 0 Å². The topological polar surface area (TPSA) is 88.5 Å². The maximum absolute atomic E-state index is 12.9. The van der Waals surface area contributed by atoms with Crippen molar-refractivity contribution in [2.75, 3.05) is 0 Å². The monoisotopic (exact) mass is 366 g/mol. The first-order valence-electron chi connectivity index (χ1n) is 9.85. The summed E-state index contributed by atoms with van der Waals surface area (Å²) in [6, 6.07) is 0. The number of hydrogen-bond donors (Lipinski definition) is 1. The van der Waals surface area contributed by atoms with Crippen molar-refractivity contribution in [2.24, 2.45) is 29.6 Å². The average molecular weight is 366 g/mol. The number of hydrogen-bond acceptors (Lipinski definition) is 5. The van der Waals surface area contributed by atoms with Gasteiger partial charge in [-0.2, -0.15) is 0 Å². The molecule has 3 unspecified atom stereocenters. The highest BCUT2D eigenvalue weighted by atomic mass is 16.3. The second-order valence-corrected chi connectivity index (χ2v) is 8.56. The zero-order valence-electron chi connectivity index (χ0n) is 17.0. The largest absolute Gasteiger partial charge is 0.374 e. The number of carbonyl (C=O) groups excluding carboxylic acids is 4. The Bertz CT molecular complexity index is 563. The van der Waals surface area contributed by atoms with Crippen LogP contribution in [0.1, 0.15) is 73.6 Å². The molecule has 0 aromatic carbocycles. The summed E-state index contributed by atoms with van der Waals surface area (Å²) in [5.41, 5.74) is -2.34. The summed E-state index contributed by atoms with van der Waals surface area (Å²) in [4.78, 5) is 51.2. The van der Waals surface area contributed by atoms with Gasteiger partial charge in [-0.1, -0.05) is 48.0 Å². The van der Waals surface area contributed by atoms with Crippen molar-refractivity contribution < 1.29 is 24.3 Å². The molecule has 0 amide bonds. The number of carbonyl (C=O) groups is 4. The van der Waals surface area contributed by atoms with Crippen LogP contribution in [-0.4, -0.2) is 33.8 Å². The van der Waals surface area contributed by atoms with E-state index in [2.05, 4.69) is 0 Å². The van der Waals surface area contributed by atoms with Gasteiger partial charge in [-0.05, 0) is 31.1 Å². The Balaban J connectivity index is 3.24. The van der Waals surface area contributed by atoms with Gasteiger partial charge >= 0.3 is 0 Å². The first-order valence-corrected chi connectivity index (χ1v) is 9.85. The first kappa shape index (κ1) is 22.7.